The first-order chi connectivity index (χ1) is 64.5. The molecule has 0 bridgehead atoms. The first-order valence-electron chi connectivity index (χ1n) is 43.8. The van der Waals surface area contributed by atoms with E-state index >= 15 is 0 Å². The van der Waals surface area contributed by atoms with Gasteiger partial charge in [-0.2, -0.15) is 0 Å². The third kappa shape index (κ3) is 33.4. The fraction of sp³-hybridized carbons (Fsp3) is 0.554. The van der Waals surface area contributed by atoms with Crippen LogP contribution >= 0.6 is 63.7 Å². The second-order valence-electron chi connectivity index (χ2n) is 33.4. The van der Waals surface area contributed by atoms with Crippen LogP contribution < -0.4 is 27.4 Å². The summed E-state index contributed by atoms with van der Waals surface area (Å²) in [7, 11) is 4.91. The van der Waals surface area contributed by atoms with Crippen molar-refractivity contribution in [2.45, 2.75) is 179 Å². The van der Waals surface area contributed by atoms with Crippen molar-refractivity contribution in [1.82, 2.24) is 47.0 Å². The number of alkyl carbamates (subject to hydrolysis) is 4. The molecule has 0 unspecified atom stereocenters. The first kappa shape index (κ1) is 116. The number of halogens is 4. The molecule has 4 aromatic rings. The Morgan fingerprint density at radius 1 is 0.445 bits per heavy atom. The van der Waals surface area contributed by atoms with E-state index in [1.54, 1.807) is 89.8 Å². The predicted molar refractivity (Wildman–Crippen MR) is 507 cm³/mol. The van der Waals surface area contributed by atoms with Crippen LogP contribution in [0.25, 0.3) is 5.57 Å². The Morgan fingerprint density at radius 2 is 0.745 bits per heavy atom. The number of ether oxygens (including phenoxy) is 14. The highest BCUT2D eigenvalue weighted by Gasteiger charge is 2.59. The number of aliphatic hydroxyl groups is 1. The van der Waals surface area contributed by atoms with Gasteiger partial charge in [0.25, 0.3) is 5.97 Å². The number of carboxylic acid groups (broad SMARTS) is 2. The minimum atomic E-state index is -1.13. The normalized spacial score (nSPS) is 19.8. The second-order valence-corrected chi connectivity index (χ2v) is 36.7. The van der Waals surface area contributed by atoms with Crippen LogP contribution in [0.1, 0.15) is 133 Å². The summed E-state index contributed by atoms with van der Waals surface area (Å²) in [6.45, 7) is 20.6. The maximum absolute atomic E-state index is 13.6. The van der Waals surface area contributed by atoms with E-state index in [0.717, 1.165) is 48.3 Å². The summed E-state index contributed by atoms with van der Waals surface area (Å²) in [6.07, 6.45) is 0.482. The number of alkyl halides is 1. The lowest BCUT2D eigenvalue weighted by Crippen LogP contribution is -2.54. The van der Waals surface area contributed by atoms with Crippen molar-refractivity contribution in [3.63, 3.8) is 0 Å². The molecule has 8 atom stereocenters. The lowest BCUT2D eigenvalue weighted by molar-refractivity contribution is -0.155. The minimum absolute atomic E-state index is 0. The Hall–Kier alpha value is -10.0. The average molecular weight is 2190 g/mol. The SMILES string of the molecule is CC(=O)O.CCO.COC(=O)N[C@H](C(=O)N1CC2(C[C@H]1C(=O)O)OCCO2)C(C)C.COC(=O)N[C@H](C(=O)N1CC2(C[C@H]1C(=O)OCC(=O)c1ccc(Br)cc1)OCCO2)C(C)C.COC(=O)N[C@H](C(=O)N1CC2(C[C@H]1C(=O)OCc1ccccc1)OCCO2)C(C)C.COC(=O)N[C@H](C(=O)N1CC2(C[C@H]1C1=NC=C(c3ccc(Br)cc3)C1)OCCO2)C(C)C.N.O=C(CBr)c1ccc(Br)cc1. The highest BCUT2D eigenvalue weighted by Crippen LogP contribution is 2.42. The third-order valence-corrected chi connectivity index (χ3v) is 24.4. The summed E-state index contributed by atoms with van der Waals surface area (Å²) in [4.78, 5) is 180. The molecule has 10 N–H and O–H groups in total. The topological polar surface area (TPSA) is 537 Å². The summed E-state index contributed by atoms with van der Waals surface area (Å²) < 4.78 is 77.9. The molecule has 4 spiro atoms. The second kappa shape index (κ2) is 55.1. The van der Waals surface area contributed by atoms with Crippen LogP contribution in [0.2, 0.25) is 0 Å². The largest absolute Gasteiger partial charge is 0.481 e. The zero-order valence-corrected chi connectivity index (χ0v) is 85.2. The number of aliphatic carboxylic acids is 2. The Bertz CT molecular complexity index is 4780. The van der Waals surface area contributed by atoms with Gasteiger partial charge in [0, 0.05) is 82.1 Å². The lowest BCUT2D eigenvalue weighted by Gasteiger charge is -2.31. The zero-order valence-electron chi connectivity index (χ0n) is 78.9. The van der Waals surface area contributed by atoms with Crippen molar-refractivity contribution >= 4 is 158 Å². The Kier molecular flexibility index (Phi) is 46.5. The highest BCUT2D eigenvalue weighted by molar-refractivity contribution is 9.11. The standard InChI is InChI=1S/C23H28BrN3O5.C22H27BrN2O8.C21H28N2O7.C14H22N2O7.C8H6Br2O.C2H4O2.C2H6O.H3N/c1-14(2)20(26-22(29)30-3)21(28)27-13-23(31-8-9-32-23)11-19(27)18-10-16(12-25-18)15-4-6-17(24)7-5-15;1-13(2)18(24-21(29)30-3)19(27)25-12-22(32-8-9-33-22)10-16(25)20(28)31-11-17(26)14-4-6-15(23)7-5-14;1-14(2)17(22-20(26)27-3)18(24)23-13-21(29-9-10-30-21)11-16(23)19(25)28-12-15-7-5-4-6-8-15;1-8(2)10(15-13(20)21-3)11(17)16-7-14(22-4-5-23-14)6-9(16)12(18)19;9-5-8(11)6-1-3-7(10)4-2-6;1-2(3)4;1-2-3;/h4-7,12,14,19-20H,8-11,13H2,1-3H3,(H,26,29);4-7,13,16,18H,8-12H2,1-3H3,(H,24,29);4-8,14,16-17H,9-13H2,1-3H3,(H,22,26);8-10H,4-7H2,1-3H3,(H,15,20)(H,18,19);1-4H,5H2;1H3,(H,3,4);3H,2H2,1H3;1H3/t19-,20-;16-,18-;16-,17-;9-,10-;;;;/m0000..../s1. The lowest BCUT2D eigenvalue weighted by atomic mass is 9.97. The molecular formula is C92H124Br4N10O31. The van der Waals surface area contributed by atoms with E-state index in [2.05, 4.69) is 99.2 Å². The molecule has 8 amide bonds. The predicted octanol–water partition coefficient (Wildman–Crippen LogP) is 9.79. The number of carbonyl (C=O) groups excluding carboxylic acids is 12. The van der Waals surface area contributed by atoms with E-state index in [0.29, 0.717) is 83.1 Å². The Labute approximate surface area is 828 Å². The highest BCUT2D eigenvalue weighted by atomic mass is 79.9. The maximum atomic E-state index is 13.6. The minimum Gasteiger partial charge on any atom is -0.481 e. The smallest absolute Gasteiger partial charge is 0.407 e. The molecule has 9 aliphatic heterocycles. The van der Waals surface area contributed by atoms with Crippen LogP contribution in [0.15, 0.2) is 128 Å². The number of carbonyl (C=O) groups is 14. The number of rotatable bonds is 24. The molecule has 45 heteroatoms. The molecule has 9 heterocycles. The molecule has 41 nitrogen and oxygen atoms in total. The van der Waals surface area contributed by atoms with Crippen molar-refractivity contribution in [1.29, 1.82) is 0 Å². The number of allylic oxidation sites excluding steroid dienone is 1. The van der Waals surface area contributed by atoms with Crippen molar-refractivity contribution < 1.29 is 149 Å². The molecule has 4 aromatic carbocycles. The quantitative estimate of drug-likeness (QED) is 0.0140. The fourth-order valence-corrected chi connectivity index (χ4v) is 16.7. The molecule has 13 rings (SSSR count). The molecule has 0 aromatic heterocycles. The molecule has 0 aliphatic carbocycles. The van der Waals surface area contributed by atoms with Crippen molar-refractivity contribution in [3.8, 4) is 0 Å². The Balaban J connectivity index is 0.000000265. The molecule has 8 fully saturated rings. The third-order valence-electron chi connectivity index (χ3n) is 22.3. The number of hydrogen-bond donors (Lipinski definition) is 8. The van der Waals surface area contributed by atoms with E-state index in [9.17, 15) is 67.4 Å². The van der Waals surface area contributed by atoms with Crippen molar-refractivity contribution in [2.24, 2.45) is 28.7 Å². The molecular weight excluding hydrogens is 2060 g/mol. The van der Waals surface area contributed by atoms with Gasteiger partial charge >= 0.3 is 42.3 Å². The zero-order chi connectivity index (χ0) is 101. The summed E-state index contributed by atoms with van der Waals surface area (Å²) in [5, 5.41) is 35.0. The number of hydrogen-bond acceptors (Lipinski definition) is 31. The van der Waals surface area contributed by atoms with Crippen LogP contribution in [-0.2, 0) is 111 Å². The average Bonchev–Trinajstić information content (AvgIpc) is 1.61. The fourth-order valence-electron chi connectivity index (χ4n) is 15.5. The number of likely N-dealkylation sites (tertiary alicyclic amines) is 4. The van der Waals surface area contributed by atoms with Gasteiger partial charge in [0.05, 0.1) is 119 Å². The monoisotopic (exact) mass is 2180 g/mol. The van der Waals surface area contributed by atoms with Crippen LogP contribution in [0.3, 0.4) is 0 Å². The molecule has 0 radical (unpaired) electrons. The van der Waals surface area contributed by atoms with E-state index in [-0.39, 0.29) is 105 Å². The van der Waals surface area contributed by atoms with Gasteiger partial charge < -0.3 is 129 Å². The Morgan fingerprint density at radius 3 is 1.07 bits per heavy atom. The number of nitrogens with one attached hydrogen (secondary N) is 4. The summed E-state index contributed by atoms with van der Waals surface area (Å²) >= 11 is 13.2. The van der Waals surface area contributed by atoms with Crippen LogP contribution in [0.5, 0.6) is 0 Å². The molecule has 9 aliphatic rings. The molecule has 137 heavy (non-hydrogen) atoms. The number of esters is 2. The van der Waals surface area contributed by atoms with Gasteiger partial charge in [-0.25, -0.2) is 33.6 Å². The number of Topliss-reactive ketones (excluding diaryl/α,β-unsaturated/α-hetero) is 2. The number of nitrogens with zero attached hydrogens (tertiary/aromatic N) is 5. The molecule has 0 saturated carbocycles. The van der Waals surface area contributed by atoms with Gasteiger partial charge in [0.15, 0.2) is 41.3 Å². The van der Waals surface area contributed by atoms with Crippen molar-refractivity contribution in [3.05, 3.63) is 145 Å². The summed E-state index contributed by atoms with van der Waals surface area (Å²) in [5.41, 5.74) is 5.07. The number of aliphatic hydroxyl groups excluding tert-OH is 1. The van der Waals surface area contributed by atoms with Gasteiger partial charge in [0.2, 0.25) is 23.6 Å². The van der Waals surface area contributed by atoms with E-state index in [1.165, 1.54) is 43.1 Å². The van der Waals surface area contributed by atoms with Crippen LogP contribution in [0.4, 0.5) is 19.2 Å². The number of aliphatic imine (C=N–C) groups is 1. The van der Waals surface area contributed by atoms with Crippen LogP contribution in [-0.4, -0.2) is 322 Å². The molecule has 8 saturated heterocycles. The molecule has 756 valence electrons. The maximum Gasteiger partial charge on any atom is 0.407 e. The summed E-state index contributed by atoms with van der Waals surface area (Å²) in [5.74, 6) is -10.00. The summed E-state index contributed by atoms with van der Waals surface area (Å²) in [6, 6.07) is 24.7. The number of ketones is 2. The van der Waals surface area contributed by atoms with Gasteiger partial charge in [0.1, 0.15) is 48.9 Å². The van der Waals surface area contributed by atoms with Crippen LogP contribution in [0, 0.1) is 23.7 Å². The van der Waals surface area contributed by atoms with Gasteiger partial charge in [-0.15, -0.1) is 0 Å². The van der Waals surface area contributed by atoms with E-state index in [1.807, 2.05) is 86.8 Å². The first-order valence-corrected chi connectivity index (χ1v) is 47.3. The van der Waals surface area contributed by atoms with Gasteiger partial charge in [-0.1, -0.05) is 186 Å². The van der Waals surface area contributed by atoms with E-state index in [4.69, 9.17) is 72.1 Å². The number of benzene rings is 4. The number of amides is 8. The van der Waals surface area contributed by atoms with E-state index < -0.39 is 138 Å². The number of carboxylic acids is 2. The van der Waals surface area contributed by atoms with Gasteiger partial charge in [-0.3, -0.25) is 38.6 Å². The van der Waals surface area contributed by atoms with Crippen molar-refractivity contribution in [2.75, 3.05) is 126 Å². The van der Waals surface area contributed by atoms with Gasteiger partial charge in [-0.05, 0) is 83.7 Å². The number of methoxy groups -OCH3 is 4.